The minimum absolute atomic E-state index is 0.951. The van der Waals surface area contributed by atoms with E-state index in [9.17, 15) is 0 Å². The molecule has 0 fully saturated rings. The molecule has 0 saturated carbocycles. The van der Waals surface area contributed by atoms with Gasteiger partial charge in [0.1, 0.15) is 0 Å². The Balaban J connectivity index is 0.000000181. The molecule has 3 rings (SSSR count). The Morgan fingerprint density at radius 2 is 2.00 bits per heavy atom. The highest BCUT2D eigenvalue weighted by Crippen LogP contribution is 2.04. The highest BCUT2D eigenvalue weighted by Gasteiger charge is 2.04. The van der Waals surface area contributed by atoms with Crippen LogP contribution in [-0.2, 0) is 6.54 Å². The topological polar surface area (TPSA) is 40.0 Å². The summed E-state index contributed by atoms with van der Waals surface area (Å²) < 4.78 is 0. The van der Waals surface area contributed by atoms with Crippen molar-refractivity contribution in [1.82, 2.24) is 10.2 Å². The Kier molecular flexibility index (Phi) is 4.57. The van der Waals surface area contributed by atoms with Crippen molar-refractivity contribution < 1.29 is 0 Å². The Hall–Kier alpha value is -1.84. The largest absolute Gasteiger partial charge is 0.375 e. The predicted molar refractivity (Wildman–Crippen MR) is 71.6 cm³/mol. The fourth-order valence-electron chi connectivity index (χ4n) is 1.68. The van der Waals surface area contributed by atoms with Crippen LogP contribution >= 0.6 is 0 Å². The minimum atomic E-state index is 0.951. The van der Waals surface area contributed by atoms with E-state index in [4.69, 9.17) is 0 Å². The van der Waals surface area contributed by atoms with Gasteiger partial charge in [0.2, 0.25) is 0 Å². The number of rotatable bonds is 2. The van der Waals surface area contributed by atoms with E-state index in [0.717, 1.165) is 32.7 Å². The van der Waals surface area contributed by atoms with Gasteiger partial charge in [-0.2, -0.15) is 0 Å². The molecule has 0 amide bonds. The van der Waals surface area contributed by atoms with Gasteiger partial charge in [-0.3, -0.25) is 9.98 Å². The van der Waals surface area contributed by atoms with Crippen molar-refractivity contribution in [2.75, 3.05) is 26.2 Å². The molecule has 0 bridgehead atoms. The Labute approximate surface area is 102 Å². The van der Waals surface area contributed by atoms with Gasteiger partial charge in [-0.25, -0.2) is 0 Å². The molecule has 1 aromatic rings. The van der Waals surface area contributed by atoms with Crippen molar-refractivity contribution in [3.8, 4) is 0 Å². The molecule has 2 heterocycles. The molecule has 0 radical (unpaired) electrons. The van der Waals surface area contributed by atoms with Gasteiger partial charge in [0.05, 0.1) is 25.8 Å². The third-order valence-electron chi connectivity index (χ3n) is 2.56. The summed E-state index contributed by atoms with van der Waals surface area (Å²) in [5.74, 6) is 0. The maximum absolute atomic E-state index is 4.16. The van der Waals surface area contributed by atoms with E-state index in [0.29, 0.717) is 0 Å². The first kappa shape index (κ1) is 11.6. The van der Waals surface area contributed by atoms with Crippen molar-refractivity contribution in [3.63, 3.8) is 0 Å². The summed E-state index contributed by atoms with van der Waals surface area (Å²) in [7, 11) is 0. The van der Waals surface area contributed by atoms with Crippen LogP contribution in [0.25, 0.3) is 0 Å². The average molecular weight is 230 g/mol. The Morgan fingerprint density at radius 3 is 2.53 bits per heavy atom. The summed E-state index contributed by atoms with van der Waals surface area (Å²) >= 11 is 0. The van der Waals surface area contributed by atoms with Crippen LogP contribution in [0.1, 0.15) is 5.56 Å². The van der Waals surface area contributed by atoms with Crippen LogP contribution in [0.15, 0.2) is 40.3 Å². The maximum atomic E-state index is 4.16. The molecule has 2 aliphatic rings. The van der Waals surface area contributed by atoms with E-state index >= 15 is 0 Å². The standard InChI is InChI=1S/C10H12N2.C3H6N2/c1-2-4-10(5-3-1)8-12-7-6-11-9-12;1-2-5-3-4-1/h1-5,9H,6-8H2;3H,1-2H2,(H,4,5). The number of benzene rings is 1. The van der Waals surface area contributed by atoms with E-state index in [1.165, 1.54) is 5.56 Å². The fraction of sp³-hybridized carbons (Fsp3) is 0.385. The second-order valence-corrected chi connectivity index (χ2v) is 3.97. The molecular weight excluding hydrogens is 212 g/mol. The monoisotopic (exact) mass is 230 g/mol. The van der Waals surface area contributed by atoms with Gasteiger partial charge in [-0.15, -0.1) is 0 Å². The molecule has 2 aliphatic heterocycles. The summed E-state index contributed by atoms with van der Waals surface area (Å²) in [6.07, 6.45) is 3.67. The normalized spacial score (nSPS) is 16.6. The van der Waals surface area contributed by atoms with Crippen molar-refractivity contribution in [1.29, 1.82) is 0 Å². The molecule has 4 nitrogen and oxygen atoms in total. The number of hydrogen-bond donors (Lipinski definition) is 1. The van der Waals surface area contributed by atoms with Crippen LogP contribution in [0.4, 0.5) is 0 Å². The van der Waals surface area contributed by atoms with Gasteiger partial charge in [-0.05, 0) is 5.56 Å². The van der Waals surface area contributed by atoms with Crippen LogP contribution in [0, 0.1) is 0 Å². The molecule has 0 aromatic heterocycles. The highest BCUT2D eigenvalue weighted by molar-refractivity contribution is 5.57. The zero-order valence-corrected chi connectivity index (χ0v) is 9.92. The first-order valence-electron chi connectivity index (χ1n) is 5.95. The van der Waals surface area contributed by atoms with Gasteiger partial charge >= 0.3 is 0 Å². The van der Waals surface area contributed by atoms with E-state index in [1.54, 1.807) is 6.34 Å². The molecule has 0 unspecified atom stereocenters. The lowest BCUT2D eigenvalue weighted by Gasteiger charge is -2.12. The lowest BCUT2D eigenvalue weighted by atomic mass is 10.2. The second-order valence-electron chi connectivity index (χ2n) is 3.97. The molecule has 0 spiro atoms. The van der Waals surface area contributed by atoms with Crippen LogP contribution < -0.4 is 5.32 Å². The van der Waals surface area contributed by atoms with Crippen LogP contribution in [0.2, 0.25) is 0 Å². The van der Waals surface area contributed by atoms with Gasteiger partial charge < -0.3 is 10.2 Å². The molecule has 4 heteroatoms. The zero-order valence-electron chi connectivity index (χ0n) is 9.92. The van der Waals surface area contributed by atoms with Crippen LogP contribution in [-0.4, -0.2) is 43.8 Å². The van der Waals surface area contributed by atoms with E-state index in [2.05, 4.69) is 44.5 Å². The highest BCUT2D eigenvalue weighted by atomic mass is 15.2. The molecule has 0 atom stereocenters. The van der Waals surface area contributed by atoms with Crippen molar-refractivity contribution >= 4 is 12.7 Å². The first-order valence-corrected chi connectivity index (χ1v) is 5.95. The number of hydrogen-bond acceptors (Lipinski definition) is 4. The van der Waals surface area contributed by atoms with E-state index in [-0.39, 0.29) is 0 Å². The lowest BCUT2D eigenvalue weighted by Crippen LogP contribution is -2.18. The van der Waals surface area contributed by atoms with Crippen molar-refractivity contribution in [3.05, 3.63) is 35.9 Å². The number of aliphatic imine (C=N–C) groups is 2. The fourth-order valence-corrected chi connectivity index (χ4v) is 1.68. The summed E-state index contributed by atoms with van der Waals surface area (Å²) in [6, 6.07) is 10.5. The molecule has 1 aromatic carbocycles. The van der Waals surface area contributed by atoms with Crippen molar-refractivity contribution in [2.24, 2.45) is 9.98 Å². The number of nitrogens with one attached hydrogen (secondary N) is 1. The average Bonchev–Trinajstić information content (AvgIpc) is 3.06. The third-order valence-corrected chi connectivity index (χ3v) is 2.56. The van der Waals surface area contributed by atoms with Crippen LogP contribution in [0.3, 0.4) is 0 Å². The predicted octanol–water partition coefficient (Wildman–Crippen LogP) is 1.15. The summed E-state index contributed by atoms with van der Waals surface area (Å²) in [6.45, 7) is 4.99. The van der Waals surface area contributed by atoms with Crippen molar-refractivity contribution in [2.45, 2.75) is 6.54 Å². The van der Waals surface area contributed by atoms with Gasteiger partial charge in [0, 0.05) is 19.6 Å². The maximum Gasteiger partial charge on any atom is 0.0854 e. The van der Waals surface area contributed by atoms with E-state index in [1.807, 2.05) is 12.4 Å². The number of nitrogens with zero attached hydrogens (tertiary/aromatic N) is 3. The molecular formula is C13H18N4. The lowest BCUT2D eigenvalue weighted by molar-refractivity contribution is 0.463. The molecule has 90 valence electrons. The third kappa shape index (κ3) is 4.26. The molecule has 0 aliphatic carbocycles. The molecule has 17 heavy (non-hydrogen) atoms. The summed E-state index contributed by atoms with van der Waals surface area (Å²) in [5.41, 5.74) is 1.35. The van der Waals surface area contributed by atoms with Gasteiger partial charge in [0.15, 0.2) is 0 Å². The van der Waals surface area contributed by atoms with Gasteiger partial charge in [-0.1, -0.05) is 30.3 Å². The second kappa shape index (κ2) is 6.68. The zero-order chi connectivity index (χ0) is 11.8. The molecule has 1 N–H and O–H groups in total. The first-order chi connectivity index (χ1) is 8.45. The molecule has 0 saturated heterocycles. The quantitative estimate of drug-likeness (QED) is 0.828. The summed E-state index contributed by atoms with van der Waals surface area (Å²) in [4.78, 5) is 10.2. The summed E-state index contributed by atoms with van der Waals surface area (Å²) in [5, 5.41) is 2.93. The SMILES string of the molecule is C1=NCCN1.C1=NCCN1Cc1ccccc1. The van der Waals surface area contributed by atoms with Crippen LogP contribution in [0.5, 0.6) is 0 Å². The minimum Gasteiger partial charge on any atom is -0.375 e. The van der Waals surface area contributed by atoms with Gasteiger partial charge in [0.25, 0.3) is 0 Å². The van der Waals surface area contributed by atoms with E-state index < -0.39 is 0 Å². The Bertz CT molecular complexity index is 366. The smallest absolute Gasteiger partial charge is 0.0854 e. The Morgan fingerprint density at radius 1 is 1.12 bits per heavy atom.